The van der Waals surface area contributed by atoms with Crippen LogP contribution < -0.4 is 0 Å². The standard InChI is InChI=1S/C21H21FN2O/c22-20-11-7-16(8-12-20)3-4-18-2-1-13-24(15-18)21(25)19-9-5-17(14-23)6-10-19/h5-12,18H,1-4,13,15H2/t18-/m1/s1. The van der Waals surface area contributed by atoms with Crippen LogP contribution in [-0.4, -0.2) is 23.9 Å². The van der Waals surface area contributed by atoms with Crippen LogP contribution >= 0.6 is 0 Å². The molecule has 0 spiro atoms. The summed E-state index contributed by atoms with van der Waals surface area (Å²) in [4.78, 5) is 14.6. The van der Waals surface area contributed by atoms with E-state index in [9.17, 15) is 9.18 Å². The van der Waals surface area contributed by atoms with Gasteiger partial charge < -0.3 is 4.90 Å². The number of carbonyl (C=O) groups is 1. The van der Waals surface area contributed by atoms with E-state index in [-0.39, 0.29) is 11.7 Å². The normalized spacial score (nSPS) is 17.1. The van der Waals surface area contributed by atoms with Crippen molar-refractivity contribution in [2.75, 3.05) is 13.1 Å². The number of nitriles is 1. The molecule has 3 rings (SSSR count). The van der Waals surface area contributed by atoms with E-state index >= 15 is 0 Å². The van der Waals surface area contributed by atoms with E-state index in [4.69, 9.17) is 5.26 Å². The first kappa shape index (κ1) is 17.2. The maximum Gasteiger partial charge on any atom is 0.253 e. The van der Waals surface area contributed by atoms with Crippen LogP contribution in [0.5, 0.6) is 0 Å². The maximum absolute atomic E-state index is 13.0. The molecule has 2 aromatic rings. The lowest BCUT2D eigenvalue weighted by Crippen LogP contribution is -2.40. The van der Waals surface area contributed by atoms with E-state index in [0.29, 0.717) is 17.0 Å². The summed E-state index contributed by atoms with van der Waals surface area (Å²) in [5.41, 5.74) is 2.34. The number of aryl methyl sites for hydroxylation is 1. The minimum Gasteiger partial charge on any atom is -0.338 e. The molecule has 2 aromatic carbocycles. The Bertz CT molecular complexity index is 762. The Morgan fingerprint density at radius 3 is 2.56 bits per heavy atom. The highest BCUT2D eigenvalue weighted by molar-refractivity contribution is 5.94. The highest BCUT2D eigenvalue weighted by Gasteiger charge is 2.24. The second-order valence-electron chi connectivity index (χ2n) is 6.61. The van der Waals surface area contributed by atoms with Gasteiger partial charge >= 0.3 is 0 Å². The van der Waals surface area contributed by atoms with Crippen molar-refractivity contribution in [3.63, 3.8) is 0 Å². The van der Waals surface area contributed by atoms with Crippen molar-refractivity contribution in [1.29, 1.82) is 5.26 Å². The number of likely N-dealkylation sites (tertiary alicyclic amines) is 1. The Labute approximate surface area is 147 Å². The molecule has 25 heavy (non-hydrogen) atoms. The number of rotatable bonds is 4. The molecule has 128 valence electrons. The summed E-state index contributed by atoms with van der Waals surface area (Å²) in [5, 5.41) is 8.85. The predicted molar refractivity (Wildman–Crippen MR) is 94.5 cm³/mol. The van der Waals surface area contributed by atoms with Crippen molar-refractivity contribution < 1.29 is 9.18 Å². The van der Waals surface area contributed by atoms with Crippen molar-refractivity contribution in [3.05, 3.63) is 71.0 Å². The molecular weight excluding hydrogens is 315 g/mol. The van der Waals surface area contributed by atoms with Gasteiger partial charge in [-0.3, -0.25) is 4.79 Å². The Balaban J connectivity index is 1.57. The third kappa shape index (κ3) is 4.45. The maximum atomic E-state index is 13.0. The smallest absolute Gasteiger partial charge is 0.253 e. The number of hydrogen-bond acceptors (Lipinski definition) is 2. The fraction of sp³-hybridized carbons (Fsp3) is 0.333. The average molecular weight is 336 g/mol. The van der Waals surface area contributed by atoms with Crippen LogP contribution in [0.25, 0.3) is 0 Å². The Hall–Kier alpha value is -2.67. The number of nitrogens with zero attached hydrogens (tertiary/aromatic N) is 2. The van der Waals surface area contributed by atoms with Crippen molar-refractivity contribution in [1.82, 2.24) is 4.90 Å². The second-order valence-corrected chi connectivity index (χ2v) is 6.61. The number of amides is 1. The van der Waals surface area contributed by atoms with Crippen molar-refractivity contribution in [2.45, 2.75) is 25.7 Å². The lowest BCUT2D eigenvalue weighted by atomic mass is 9.91. The molecule has 1 saturated heterocycles. The molecule has 0 aliphatic carbocycles. The number of halogens is 1. The fourth-order valence-corrected chi connectivity index (χ4v) is 3.38. The van der Waals surface area contributed by atoms with Crippen LogP contribution in [0.1, 0.15) is 40.7 Å². The van der Waals surface area contributed by atoms with Gasteiger partial charge in [0.25, 0.3) is 5.91 Å². The van der Waals surface area contributed by atoms with E-state index in [2.05, 4.69) is 6.07 Å². The van der Waals surface area contributed by atoms with Gasteiger partial charge in [-0.25, -0.2) is 4.39 Å². The Morgan fingerprint density at radius 1 is 1.16 bits per heavy atom. The Morgan fingerprint density at radius 2 is 1.88 bits per heavy atom. The summed E-state index contributed by atoms with van der Waals surface area (Å²) in [6.45, 7) is 1.55. The van der Waals surface area contributed by atoms with Gasteiger partial charge in [-0.1, -0.05) is 12.1 Å². The summed E-state index contributed by atoms with van der Waals surface area (Å²) in [6.07, 6.45) is 4.04. The van der Waals surface area contributed by atoms with Gasteiger partial charge in [0.1, 0.15) is 5.82 Å². The average Bonchev–Trinajstić information content (AvgIpc) is 2.67. The summed E-state index contributed by atoms with van der Waals surface area (Å²) < 4.78 is 13.0. The first-order chi connectivity index (χ1) is 12.2. The van der Waals surface area contributed by atoms with Crippen LogP contribution in [0, 0.1) is 23.1 Å². The molecule has 3 nitrogen and oxygen atoms in total. The molecule has 1 fully saturated rings. The molecule has 0 unspecified atom stereocenters. The van der Waals surface area contributed by atoms with Gasteiger partial charge in [-0.15, -0.1) is 0 Å². The van der Waals surface area contributed by atoms with E-state index in [1.54, 1.807) is 24.3 Å². The van der Waals surface area contributed by atoms with Gasteiger partial charge in [0.05, 0.1) is 11.6 Å². The SMILES string of the molecule is N#Cc1ccc(C(=O)N2CCC[C@H](CCc3ccc(F)cc3)C2)cc1. The minimum absolute atomic E-state index is 0.0379. The minimum atomic E-state index is -0.208. The van der Waals surface area contributed by atoms with Gasteiger partial charge in [0, 0.05) is 18.7 Å². The molecule has 0 N–H and O–H groups in total. The molecule has 0 radical (unpaired) electrons. The van der Waals surface area contributed by atoms with Crippen LogP contribution in [0.3, 0.4) is 0 Å². The van der Waals surface area contributed by atoms with Crippen molar-refractivity contribution in [3.8, 4) is 6.07 Å². The largest absolute Gasteiger partial charge is 0.338 e. The summed E-state index contributed by atoms with van der Waals surface area (Å²) >= 11 is 0. The van der Waals surface area contributed by atoms with Gasteiger partial charge in [-0.2, -0.15) is 5.26 Å². The first-order valence-corrected chi connectivity index (χ1v) is 8.69. The van der Waals surface area contributed by atoms with Gasteiger partial charge in [0.2, 0.25) is 0 Å². The van der Waals surface area contributed by atoms with E-state index < -0.39 is 0 Å². The third-order valence-corrected chi connectivity index (χ3v) is 4.82. The quantitative estimate of drug-likeness (QED) is 0.840. The molecular formula is C21H21FN2O. The number of benzene rings is 2. The van der Waals surface area contributed by atoms with E-state index in [1.165, 1.54) is 12.1 Å². The molecule has 4 heteroatoms. The van der Waals surface area contributed by atoms with E-state index in [1.807, 2.05) is 17.0 Å². The van der Waals surface area contributed by atoms with Crippen LogP contribution in [0.2, 0.25) is 0 Å². The lowest BCUT2D eigenvalue weighted by Gasteiger charge is -2.33. The van der Waals surface area contributed by atoms with Gasteiger partial charge in [-0.05, 0) is 73.6 Å². The number of carbonyl (C=O) groups excluding carboxylic acids is 1. The summed E-state index contributed by atoms with van der Waals surface area (Å²) in [6, 6.07) is 15.5. The van der Waals surface area contributed by atoms with Crippen LogP contribution in [0.15, 0.2) is 48.5 Å². The molecule has 1 atom stereocenters. The highest BCUT2D eigenvalue weighted by Crippen LogP contribution is 2.23. The lowest BCUT2D eigenvalue weighted by molar-refractivity contribution is 0.0668. The molecule has 0 bridgehead atoms. The number of hydrogen-bond donors (Lipinski definition) is 0. The van der Waals surface area contributed by atoms with E-state index in [0.717, 1.165) is 44.3 Å². The Kier molecular flexibility index (Phi) is 5.45. The van der Waals surface area contributed by atoms with Crippen molar-refractivity contribution >= 4 is 5.91 Å². The predicted octanol–water partition coefficient (Wildman–Crippen LogP) is 4.18. The zero-order valence-corrected chi connectivity index (χ0v) is 14.1. The fourth-order valence-electron chi connectivity index (χ4n) is 3.38. The van der Waals surface area contributed by atoms with Crippen LogP contribution in [-0.2, 0) is 6.42 Å². The first-order valence-electron chi connectivity index (χ1n) is 8.69. The summed E-state index contributed by atoms with van der Waals surface area (Å²) in [7, 11) is 0. The summed E-state index contributed by atoms with van der Waals surface area (Å²) in [5.74, 6) is 0.303. The molecule has 1 aliphatic rings. The van der Waals surface area contributed by atoms with Crippen LogP contribution in [0.4, 0.5) is 4.39 Å². The monoisotopic (exact) mass is 336 g/mol. The zero-order chi connectivity index (χ0) is 17.6. The van der Waals surface area contributed by atoms with Crippen molar-refractivity contribution in [2.24, 2.45) is 5.92 Å². The molecule has 0 aromatic heterocycles. The third-order valence-electron chi connectivity index (χ3n) is 4.82. The second kappa shape index (κ2) is 7.94. The van der Waals surface area contributed by atoms with Gasteiger partial charge in [0.15, 0.2) is 0 Å². The molecule has 1 amide bonds. The molecule has 1 aliphatic heterocycles. The molecule has 1 heterocycles. The molecule has 0 saturated carbocycles. The topological polar surface area (TPSA) is 44.1 Å². The highest BCUT2D eigenvalue weighted by atomic mass is 19.1. The number of piperidine rings is 1. The zero-order valence-electron chi connectivity index (χ0n) is 14.1.